The number of ether oxygens (including phenoxy) is 1. The van der Waals surface area contributed by atoms with Crippen molar-refractivity contribution < 1.29 is 4.74 Å². The Labute approximate surface area is 80.0 Å². The van der Waals surface area contributed by atoms with E-state index in [9.17, 15) is 0 Å². The van der Waals surface area contributed by atoms with E-state index < -0.39 is 0 Å². The van der Waals surface area contributed by atoms with Crippen molar-refractivity contribution in [2.45, 2.75) is 6.61 Å². The molecular weight excluding hydrogens is 184 g/mol. The van der Waals surface area contributed by atoms with Gasteiger partial charge in [0, 0.05) is 12.4 Å². The Morgan fingerprint density at radius 3 is 3.00 bits per heavy atom. The van der Waals surface area contributed by atoms with E-state index in [0.717, 1.165) is 10.6 Å². The Hall–Kier alpha value is -1.42. The molecule has 2 aromatic rings. The molecule has 2 rings (SSSR count). The summed E-state index contributed by atoms with van der Waals surface area (Å²) in [5.41, 5.74) is 1.79. The van der Waals surface area contributed by atoms with Gasteiger partial charge in [-0.15, -0.1) is 11.3 Å². The highest BCUT2D eigenvalue weighted by atomic mass is 32.1. The van der Waals surface area contributed by atoms with Gasteiger partial charge in [0.2, 0.25) is 0 Å². The smallest absolute Gasteiger partial charge is 0.138 e. The summed E-state index contributed by atoms with van der Waals surface area (Å²) in [7, 11) is 0. The van der Waals surface area contributed by atoms with Gasteiger partial charge in [0.15, 0.2) is 0 Å². The Kier molecular flexibility index (Phi) is 2.52. The summed E-state index contributed by atoms with van der Waals surface area (Å²) in [6, 6.07) is 3.73. The highest BCUT2D eigenvalue weighted by Gasteiger charge is 1.95. The molecule has 0 aliphatic heterocycles. The number of thiazole rings is 1. The van der Waals surface area contributed by atoms with E-state index in [1.807, 2.05) is 12.1 Å². The van der Waals surface area contributed by atoms with Crippen molar-refractivity contribution in [3.05, 3.63) is 41.1 Å². The lowest BCUT2D eigenvalue weighted by molar-refractivity contribution is 0.308. The third-order valence-electron chi connectivity index (χ3n) is 1.50. The Morgan fingerprint density at radius 2 is 2.31 bits per heavy atom. The van der Waals surface area contributed by atoms with Gasteiger partial charge >= 0.3 is 0 Å². The summed E-state index contributed by atoms with van der Waals surface area (Å²) < 4.78 is 5.46. The number of nitrogens with zero attached hydrogens (tertiary/aromatic N) is 2. The van der Waals surface area contributed by atoms with E-state index in [4.69, 9.17) is 4.74 Å². The van der Waals surface area contributed by atoms with Crippen LogP contribution in [0.5, 0.6) is 5.75 Å². The number of aromatic nitrogens is 2. The summed E-state index contributed by atoms with van der Waals surface area (Å²) >= 11 is 1.59. The topological polar surface area (TPSA) is 35.0 Å². The van der Waals surface area contributed by atoms with E-state index in [-0.39, 0.29) is 0 Å². The molecule has 0 spiro atoms. The van der Waals surface area contributed by atoms with Gasteiger partial charge in [-0.3, -0.25) is 9.97 Å². The lowest BCUT2D eigenvalue weighted by Crippen LogP contribution is -1.92. The Balaban J connectivity index is 1.94. The van der Waals surface area contributed by atoms with Gasteiger partial charge in [0.05, 0.1) is 16.6 Å². The van der Waals surface area contributed by atoms with Crippen LogP contribution in [-0.4, -0.2) is 9.97 Å². The predicted molar refractivity (Wildman–Crippen MR) is 50.7 cm³/mol. The van der Waals surface area contributed by atoms with Crippen molar-refractivity contribution in [3.8, 4) is 5.75 Å². The molecule has 0 atom stereocenters. The molecule has 2 aromatic heterocycles. The molecule has 0 amide bonds. The molecule has 0 aromatic carbocycles. The van der Waals surface area contributed by atoms with E-state index in [1.54, 1.807) is 35.4 Å². The second-order valence-corrected chi connectivity index (χ2v) is 3.42. The summed E-state index contributed by atoms with van der Waals surface area (Å²) in [5.74, 6) is 0.788. The zero-order valence-electron chi connectivity index (χ0n) is 6.88. The molecule has 66 valence electrons. The fourth-order valence-corrected chi connectivity index (χ4v) is 1.41. The average Bonchev–Trinajstić information content (AvgIpc) is 2.69. The van der Waals surface area contributed by atoms with Gasteiger partial charge in [-0.2, -0.15) is 0 Å². The standard InChI is InChI=1S/C9H8N2OS/c1-2-8(4-10-3-1)12-6-9-5-11-7-13-9/h1-5,7H,6H2. The second-order valence-electron chi connectivity index (χ2n) is 2.45. The van der Waals surface area contributed by atoms with Crippen molar-refractivity contribution in [1.29, 1.82) is 0 Å². The van der Waals surface area contributed by atoms with Crippen molar-refractivity contribution in [3.63, 3.8) is 0 Å². The van der Waals surface area contributed by atoms with E-state index in [0.29, 0.717) is 6.61 Å². The van der Waals surface area contributed by atoms with Crippen molar-refractivity contribution in [1.82, 2.24) is 9.97 Å². The van der Waals surface area contributed by atoms with Crippen LogP contribution in [0.15, 0.2) is 36.2 Å². The van der Waals surface area contributed by atoms with Gasteiger partial charge < -0.3 is 4.74 Å². The van der Waals surface area contributed by atoms with Crippen LogP contribution in [0.3, 0.4) is 0 Å². The number of rotatable bonds is 3. The molecule has 2 heterocycles. The first-order valence-corrected chi connectivity index (χ1v) is 4.73. The molecule has 0 aliphatic rings. The molecular formula is C9H8N2OS. The maximum Gasteiger partial charge on any atom is 0.138 e. The number of hydrogen-bond donors (Lipinski definition) is 0. The van der Waals surface area contributed by atoms with Crippen LogP contribution in [0, 0.1) is 0 Å². The van der Waals surface area contributed by atoms with Crippen LogP contribution in [0.25, 0.3) is 0 Å². The molecule has 0 N–H and O–H groups in total. The monoisotopic (exact) mass is 192 g/mol. The minimum atomic E-state index is 0.566. The first-order chi connectivity index (χ1) is 6.45. The van der Waals surface area contributed by atoms with Crippen LogP contribution >= 0.6 is 11.3 Å². The third-order valence-corrected chi connectivity index (χ3v) is 2.25. The van der Waals surface area contributed by atoms with Crippen LogP contribution in [-0.2, 0) is 6.61 Å². The maximum absolute atomic E-state index is 5.46. The minimum absolute atomic E-state index is 0.566. The first kappa shape index (κ1) is 8.19. The average molecular weight is 192 g/mol. The summed E-state index contributed by atoms with van der Waals surface area (Å²) in [5, 5.41) is 0. The SMILES string of the molecule is c1cncc(OCc2cncs2)c1. The molecule has 4 heteroatoms. The zero-order chi connectivity index (χ0) is 8.93. The van der Waals surface area contributed by atoms with Crippen LogP contribution in [0.2, 0.25) is 0 Å². The lowest BCUT2D eigenvalue weighted by atomic mass is 10.5. The minimum Gasteiger partial charge on any atom is -0.486 e. The van der Waals surface area contributed by atoms with Crippen molar-refractivity contribution in [2.75, 3.05) is 0 Å². The highest BCUT2D eigenvalue weighted by molar-refractivity contribution is 7.09. The van der Waals surface area contributed by atoms with E-state index in [2.05, 4.69) is 9.97 Å². The quantitative estimate of drug-likeness (QED) is 0.747. The van der Waals surface area contributed by atoms with Gasteiger partial charge in [-0.05, 0) is 12.1 Å². The molecule has 0 saturated heterocycles. The van der Waals surface area contributed by atoms with Crippen molar-refractivity contribution >= 4 is 11.3 Å². The predicted octanol–water partition coefficient (Wildman–Crippen LogP) is 2.12. The highest BCUT2D eigenvalue weighted by Crippen LogP contribution is 2.12. The lowest BCUT2D eigenvalue weighted by Gasteiger charge is -2.01. The van der Waals surface area contributed by atoms with Crippen molar-refractivity contribution in [2.24, 2.45) is 0 Å². The summed E-state index contributed by atoms with van der Waals surface area (Å²) in [4.78, 5) is 9.02. The van der Waals surface area contributed by atoms with Gasteiger partial charge in [0.1, 0.15) is 12.4 Å². The second kappa shape index (κ2) is 4.00. The van der Waals surface area contributed by atoms with Gasteiger partial charge in [-0.25, -0.2) is 0 Å². The van der Waals surface area contributed by atoms with Crippen LogP contribution in [0.4, 0.5) is 0 Å². The largest absolute Gasteiger partial charge is 0.486 e. The Morgan fingerprint density at radius 1 is 1.31 bits per heavy atom. The molecule has 3 nitrogen and oxygen atoms in total. The number of pyridine rings is 1. The van der Waals surface area contributed by atoms with E-state index >= 15 is 0 Å². The number of hydrogen-bond acceptors (Lipinski definition) is 4. The first-order valence-electron chi connectivity index (χ1n) is 3.85. The summed E-state index contributed by atoms with van der Waals surface area (Å²) in [6.07, 6.45) is 5.22. The maximum atomic E-state index is 5.46. The third kappa shape index (κ3) is 2.26. The fourth-order valence-electron chi connectivity index (χ4n) is 0.900. The molecule has 0 radical (unpaired) electrons. The normalized spacial score (nSPS) is 9.85. The Bertz CT molecular complexity index is 347. The fraction of sp³-hybridized carbons (Fsp3) is 0.111. The molecule has 13 heavy (non-hydrogen) atoms. The van der Waals surface area contributed by atoms with Gasteiger partial charge in [-0.1, -0.05) is 0 Å². The molecule has 0 fully saturated rings. The molecule has 0 bridgehead atoms. The van der Waals surface area contributed by atoms with E-state index in [1.165, 1.54) is 0 Å². The molecule has 0 unspecified atom stereocenters. The zero-order valence-corrected chi connectivity index (χ0v) is 7.70. The van der Waals surface area contributed by atoms with Gasteiger partial charge in [0.25, 0.3) is 0 Å². The molecule has 0 saturated carbocycles. The van der Waals surface area contributed by atoms with Crippen LogP contribution < -0.4 is 4.74 Å². The summed E-state index contributed by atoms with van der Waals surface area (Å²) in [6.45, 7) is 0.566. The molecule has 0 aliphatic carbocycles. The van der Waals surface area contributed by atoms with Crippen LogP contribution in [0.1, 0.15) is 4.88 Å².